The molecule has 1 N–H and O–H groups in total. The second-order valence-electron chi connectivity index (χ2n) is 6.69. The van der Waals surface area contributed by atoms with Gasteiger partial charge in [-0.2, -0.15) is 36.5 Å². The minimum Gasteiger partial charge on any atom is -0.322 e. The molecule has 0 aliphatic rings. The zero-order valence-electron chi connectivity index (χ0n) is 16.0. The lowest BCUT2D eigenvalue weighted by atomic mass is 10.2. The van der Waals surface area contributed by atoms with Crippen LogP contribution in [-0.4, -0.2) is 30.3 Å². The Morgan fingerprint density at radius 2 is 1.72 bits per heavy atom. The maximum absolute atomic E-state index is 13.9. The number of anilines is 1. The van der Waals surface area contributed by atoms with Gasteiger partial charge in [-0.25, -0.2) is 9.20 Å². The number of aromatic nitrogens is 5. The Morgan fingerprint density at radius 3 is 2.41 bits per heavy atom. The van der Waals surface area contributed by atoms with Gasteiger partial charge in [0.15, 0.2) is 5.69 Å². The van der Waals surface area contributed by atoms with Crippen LogP contribution in [0.2, 0.25) is 0 Å². The number of carbonyl (C=O) groups is 1. The molecule has 4 aromatic heterocycles. The van der Waals surface area contributed by atoms with Crippen molar-refractivity contribution in [2.45, 2.75) is 19.3 Å². The summed E-state index contributed by atoms with van der Waals surface area (Å²) in [5, 5.41) is 9.81. The van der Waals surface area contributed by atoms with Crippen molar-refractivity contribution in [1.29, 1.82) is 0 Å². The number of alkyl halides is 6. The van der Waals surface area contributed by atoms with Gasteiger partial charge in [0.05, 0.1) is 29.2 Å². The van der Waals surface area contributed by atoms with Crippen LogP contribution in [-0.2, 0) is 12.4 Å². The summed E-state index contributed by atoms with van der Waals surface area (Å²) in [4.78, 5) is 15.7. The monoisotopic (exact) mass is 454 g/mol. The molecule has 32 heavy (non-hydrogen) atoms. The average Bonchev–Trinajstić information content (AvgIpc) is 3.35. The van der Waals surface area contributed by atoms with E-state index in [9.17, 15) is 31.1 Å². The van der Waals surface area contributed by atoms with Crippen molar-refractivity contribution in [3.63, 3.8) is 0 Å². The Morgan fingerprint density at radius 1 is 0.969 bits per heavy atom. The zero-order valence-corrected chi connectivity index (χ0v) is 16.0. The van der Waals surface area contributed by atoms with Crippen LogP contribution in [0.5, 0.6) is 0 Å². The number of amides is 1. The van der Waals surface area contributed by atoms with Gasteiger partial charge in [0.1, 0.15) is 5.69 Å². The first-order valence-electron chi connectivity index (χ1n) is 8.90. The fourth-order valence-electron chi connectivity index (χ4n) is 3.14. The molecule has 0 saturated heterocycles. The van der Waals surface area contributed by atoms with Gasteiger partial charge in [-0.3, -0.25) is 9.78 Å². The topological polar surface area (TPSA) is 77.1 Å². The van der Waals surface area contributed by atoms with Crippen molar-refractivity contribution in [2.24, 2.45) is 0 Å². The molecule has 0 aliphatic carbocycles. The summed E-state index contributed by atoms with van der Waals surface area (Å²) in [5.41, 5.74) is -2.92. The lowest BCUT2D eigenvalue weighted by Gasteiger charge is -2.14. The maximum Gasteiger partial charge on any atom is 0.434 e. The number of carbonyl (C=O) groups excluding carboxylic acids is 1. The van der Waals surface area contributed by atoms with E-state index in [2.05, 4.69) is 15.2 Å². The van der Waals surface area contributed by atoms with Crippen LogP contribution in [0.15, 0.2) is 48.9 Å². The standard InChI is InChI=1S/C19H12F6N6O/c1-10-2-3-13(14-5-7-27-30(10)14)31-16(19(23,24)25)12(9-28-31)17(32)29-11-4-6-26-15(8-11)18(20,21)22/h2-9H,1H3,(H,26,29,32). The molecule has 4 aromatic rings. The predicted molar refractivity (Wildman–Crippen MR) is 99.2 cm³/mol. The Kier molecular flexibility index (Phi) is 4.90. The van der Waals surface area contributed by atoms with Crippen LogP contribution in [0.1, 0.15) is 27.4 Å². The highest BCUT2D eigenvalue weighted by Crippen LogP contribution is 2.35. The van der Waals surface area contributed by atoms with Gasteiger partial charge in [0.2, 0.25) is 0 Å². The van der Waals surface area contributed by atoms with Crippen LogP contribution in [0.3, 0.4) is 0 Å². The van der Waals surface area contributed by atoms with Gasteiger partial charge in [0.25, 0.3) is 5.91 Å². The highest BCUT2D eigenvalue weighted by molar-refractivity contribution is 6.05. The van der Waals surface area contributed by atoms with Gasteiger partial charge in [-0.15, -0.1) is 0 Å². The second-order valence-corrected chi connectivity index (χ2v) is 6.69. The Labute approximate surface area is 175 Å². The summed E-state index contributed by atoms with van der Waals surface area (Å²) < 4.78 is 82.2. The summed E-state index contributed by atoms with van der Waals surface area (Å²) in [6.07, 6.45) is -6.89. The van der Waals surface area contributed by atoms with E-state index in [-0.39, 0.29) is 11.4 Å². The van der Waals surface area contributed by atoms with Crippen LogP contribution in [0, 0.1) is 6.92 Å². The smallest absolute Gasteiger partial charge is 0.322 e. The van der Waals surface area contributed by atoms with Crippen molar-refractivity contribution in [1.82, 2.24) is 24.4 Å². The summed E-state index contributed by atoms with van der Waals surface area (Å²) in [7, 11) is 0. The fraction of sp³-hybridized carbons (Fsp3) is 0.158. The van der Waals surface area contributed by atoms with Gasteiger partial charge in [-0.1, -0.05) is 0 Å². The Bertz CT molecular complexity index is 1320. The Balaban J connectivity index is 1.78. The minimum atomic E-state index is -5.00. The number of rotatable bonds is 3. The van der Waals surface area contributed by atoms with Crippen LogP contribution in [0.4, 0.5) is 32.0 Å². The maximum atomic E-state index is 13.9. The van der Waals surface area contributed by atoms with E-state index in [1.807, 2.05) is 5.32 Å². The highest BCUT2D eigenvalue weighted by atomic mass is 19.4. The van der Waals surface area contributed by atoms with E-state index in [0.29, 0.717) is 28.2 Å². The molecule has 0 aliphatic heterocycles. The van der Waals surface area contributed by atoms with E-state index in [1.54, 1.807) is 6.92 Å². The van der Waals surface area contributed by atoms with E-state index in [1.165, 1.54) is 28.9 Å². The minimum absolute atomic E-state index is 0.0164. The molecule has 0 radical (unpaired) electrons. The van der Waals surface area contributed by atoms with E-state index < -0.39 is 35.2 Å². The molecule has 0 atom stereocenters. The molecule has 0 saturated carbocycles. The molecular weight excluding hydrogens is 442 g/mol. The largest absolute Gasteiger partial charge is 0.434 e. The molecule has 166 valence electrons. The van der Waals surface area contributed by atoms with E-state index in [0.717, 1.165) is 12.3 Å². The van der Waals surface area contributed by atoms with Gasteiger partial charge < -0.3 is 5.32 Å². The van der Waals surface area contributed by atoms with Crippen LogP contribution >= 0.6 is 0 Å². The summed E-state index contributed by atoms with van der Waals surface area (Å²) in [5.74, 6) is -1.28. The Hall–Kier alpha value is -3.90. The summed E-state index contributed by atoms with van der Waals surface area (Å²) >= 11 is 0. The third-order valence-electron chi connectivity index (χ3n) is 4.54. The molecule has 13 heteroatoms. The molecule has 4 rings (SSSR count). The first-order valence-corrected chi connectivity index (χ1v) is 8.90. The van der Waals surface area contributed by atoms with Crippen LogP contribution < -0.4 is 5.32 Å². The number of hydrogen-bond acceptors (Lipinski definition) is 4. The molecule has 0 unspecified atom stereocenters. The number of pyridine rings is 2. The van der Waals surface area contributed by atoms with Crippen molar-refractivity contribution in [3.05, 3.63) is 71.6 Å². The van der Waals surface area contributed by atoms with Crippen molar-refractivity contribution < 1.29 is 31.1 Å². The average molecular weight is 454 g/mol. The third-order valence-corrected chi connectivity index (χ3v) is 4.54. The number of nitrogens with zero attached hydrogens (tertiary/aromatic N) is 5. The zero-order chi connectivity index (χ0) is 23.3. The number of hydrogen-bond donors (Lipinski definition) is 1. The summed E-state index contributed by atoms with van der Waals surface area (Å²) in [6, 6.07) is 5.97. The molecule has 0 aromatic carbocycles. The lowest BCUT2D eigenvalue weighted by molar-refractivity contribution is -0.143. The number of nitrogens with one attached hydrogen (secondary N) is 1. The number of fused-ring (bicyclic) bond motifs is 1. The normalized spacial score (nSPS) is 12.3. The first kappa shape index (κ1) is 21.3. The fourth-order valence-corrected chi connectivity index (χ4v) is 3.14. The third kappa shape index (κ3) is 3.76. The van der Waals surface area contributed by atoms with Gasteiger partial charge >= 0.3 is 12.4 Å². The summed E-state index contributed by atoms with van der Waals surface area (Å²) in [6.45, 7) is 1.71. The van der Waals surface area contributed by atoms with Crippen molar-refractivity contribution in [2.75, 3.05) is 5.32 Å². The quantitative estimate of drug-likeness (QED) is 0.462. The molecule has 1 amide bonds. The molecule has 7 nitrogen and oxygen atoms in total. The second kappa shape index (κ2) is 7.35. The molecular formula is C19H12F6N6O. The van der Waals surface area contributed by atoms with Gasteiger partial charge in [-0.05, 0) is 37.3 Å². The molecule has 0 bridgehead atoms. The first-order chi connectivity index (χ1) is 15.0. The van der Waals surface area contributed by atoms with E-state index in [4.69, 9.17) is 0 Å². The number of halogens is 6. The highest BCUT2D eigenvalue weighted by Gasteiger charge is 2.41. The SMILES string of the molecule is Cc1ccc(-n2ncc(C(=O)Nc3ccnc(C(F)(F)F)c3)c2C(F)(F)F)c2ccnn12. The molecule has 0 spiro atoms. The van der Waals surface area contributed by atoms with Crippen LogP contribution in [0.25, 0.3) is 11.2 Å². The number of aryl methyl sites for hydroxylation is 1. The van der Waals surface area contributed by atoms with Crippen molar-refractivity contribution >= 4 is 17.1 Å². The van der Waals surface area contributed by atoms with Crippen molar-refractivity contribution in [3.8, 4) is 5.69 Å². The molecule has 0 fully saturated rings. The van der Waals surface area contributed by atoms with Gasteiger partial charge in [0, 0.05) is 17.6 Å². The predicted octanol–water partition coefficient (Wildman–Crippen LogP) is 4.51. The molecule has 4 heterocycles. The lowest BCUT2D eigenvalue weighted by Crippen LogP contribution is -2.21. The van der Waals surface area contributed by atoms with E-state index >= 15 is 0 Å².